The van der Waals surface area contributed by atoms with Crippen LogP contribution in [0, 0.1) is 0 Å². The van der Waals surface area contributed by atoms with Crippen LogP contribution in [0.3, 0.4) is 0 Å². The highest BCUT2D eigenvalue weighted by Gasteiger charge is 2.11. The fourth-order valence-corrected chi connectivity index (χ4v) is 2.70. The molecule has 5 heteroatoms. The predicted octanol–water partition coefficient (Wildman–Crippen LogP) is 4.95. The second-order valence-electron chi connectivity index (χ2n) is 5.71. The Bertz CT molecular complexity index is 964. The van der Waals surface area contributed by atoms with E-state index in [2.05, 4.69) is 21.2 Å². The highest BCUT2D eigenvalue weighted by atomic mass is 35.5. The molecule has 0 saturated carbocycles. The Morgan fingerprint density at radius 1 is 0.962 bits per heavy atom. The Morgan fingerprint density at radius 3 is 2.42 bits per heavy atom. The molecular weight excluding hydrogens is 346 g/mol. The summed E-state index contributed by atoms with van der Waals surface area (Å²) in [5.41, 5.74) is 4.73. The van der Waals surface area contributed by atoms with Gasteiger partial charge in [-0.1, -0.05) is 65.8 Å². The van der Waals surface area contributed by atoms with Gasteiger partial charge in [0.2, 0.25) is 0 Å². The van der Waals surface area contributed by atoms with Crippen LogP contribution in [-0.4, -0.2) is 15.7 Å². The molecule has 0 amide bonds. The van der Waals surface area contributed by atoms with Crippen molar-refractivity contribution in [1.82, 2.24) is 9.97 Å². The van der Waals surface area contributed by atoms with E-state index in [1.807, 2.05) is 72.9 Å². The Balaban J connectivity index is 0.00000196. The van der Waals surface area contributed by atoms with Gasteiger partial charge in [-0.2, -0.15) is 0 Å². The van der Waals surface area contributed by atoms with Gasteiger partial charge in [0.15, 0.2) is 0 Å². The molecule has 2 aromatic carbocycles. The number of oxime groups is 1. The van der Waals surface area contributed by atoms with Gasteiger partial charge in [0.25, 0.3) is 0 Å². The quantitative estimate of drug-likeness (QED) is 0.402. The molecule has 2 heterocycles. The Morgan fingerprint density at radius 2 is 1.69 bits per heavy atom. The van der Waals surface area contributed by atoms with E-state index in [-0.39, 0.29) is 12.4 Å². The number of aromatic amines is 1. The van der Waals surface area contributed by atoms with Crippen LogP contribution in [0.1, 0.15) is 16.8 Å². The third kappa shape index (κ3) is 3.92. The zero-order chi connectivity index (χ0) is 16.9. The molecule has 0 fully saturated rings. The number of halogens is 1. The van der Waals surface area contributed by atoms with Crippen molar-refractivity contribution in [2.75, 3.05) is 0 Å². The predicted molar refractivity (Wildman–Crippen MR) is 107 cm³/mol. The minimum atomic E-state index is 0. The Hall–Kier alpha value is -3.11. The highest BCUT2D eigenvalue weighted by molar-refractivity contribution is 6.13. The van der Waals surface area contributed by atoms with Crippen LogP contribution in [0.25, 0.3) is 10.9 Å². The first-order valence-corrected chi connectivity index (χ1v) is 8.12. The first-order valence-electron chi connectivity index (χ1n) is 8.12. The molecule has 130 valence electrons. The third-order valence-electron chi connectivity index (χ3n) is 3.96. The number of rotatable bonds is 5. The molecule has 0 aliphatic carbocycles. The second-order valence-corrected chi connectivity index (χ2v) is 5.71. The number of aromatic nitrogens is 2. The molecule has 4 nitrogen and oxygen atoms in total. The number of nitrogens with zero attached hydrogens (tertiary/aromatic N) is 2. The van der Waals surface area contributed by atoms with Crippen LogP contribution in [-0.2, 0) is 11.4 Å². The summed E-state index contributed by atoms with van der Waals surface area (Å²) in [7, 11) is 0. The van der Waals surface area contributed by atoms with Gasteiger partial charge in [-0.3, -0.25) is 4.98 Å². The molecule has 0 saturated heterocycles. The summed E-state index contributed by atoms with van der Waals surface area (Å²) >= 11 is 0. The molecule has 26 heavy (non-hydrogen) atoms. The monoisotopic (exact) mass is 363 g/mol. The van der Waals surface area contributed by atoms with E-state index < -0.39 is 0 Å². The Labute approximate surface area is 158 Å². The van der Waals surface area contributed by atoms with Crippen molar-refractivity contribution in [2.45, 2.75) is 6.61 Å². The average molecular weight is 364 g/mol. The van der Waals surface area contributed by atoms with Crippen molar-refractivity contribution in [3.63, 3.8) is 0 Å². The molecule has 0 unspecified atom stereocenters. The van der Waals surface area contributed by atoms with Gasteiger partial charge in [-0.25, -0.2) is 0 Å². The summed E-state index contributed by atoms with van der Waals surface area (Å²) in [6, 6.07) is 24.1. The molecule has 0 bridgehead atoms. The van der Waals surface area contributed by atoms with Crippen LogP contribution in [0.2, 0.25) is 0 Å². The minimum Gasteiger partial charge on any atom is -0.390 e. The molecule has 0 aliphatic rings. The molecular formula is C21H18ClN3O. The van der Waals surface area contributed by atoms with Gasteiger partial charge in [0.1, 0.15) is 12.3 Å². The van der Waals surface area contributed by atoms with Crippen LogP contribution in [0.5, 0.6) is 0 Å². The molecule has 0 radical (unpaired) electrons. The van der Waals surface area contributed by atoms with Crippen molar-refractivity contribution >= 4 is 29.0 Å². The largest absolute Gasteiger partial charge is 0.390 e. The van der Waals surface area contributed by atoms with Gasteiger partial charge in [-0.15, -0.1) is 12.4 Å². The number of pyridine rings is 1. The number of benzene rings is 2. The molecule has 2 aromatic heterocycles. The lowest BCUT2D eigenvalue weighted by Gasteiger charge is -2.06. The number of H-pyrrole nitrogens is 1. The summed E-state index contributed by atoms with van der Waals surface area (Å²) < 4.78 is 0. The lowest BCUT2D eigenvalue weighted by Crippen LogP contribution is -2.05. The summed E-state index contributed by atoms with van der Waals surface area (Å²) in [5, 5.41) is 5.51. The van der Waals surface area contributed by atoms with Crippen molar-refractivity contribution in [3.05, 3.63) is 102 Å². The maximum Gasteiger partial charge on any atom is 0.142 e. The fraction of sp³-hybridized carbons (Fsp3) is 0.0476. The van der Waals surface area contributed by atoms with E-state index >= 15 is 0 Å². The van der Waals surface area contributed by atoms with E-state index in [1.54, 1.807) is 6.20 Å². The summed E-state index contributed by atoms with van der Waals surface area (Å²) in [6.45, 7) is 0.430. The summed E-state index contributed by atoms with van der Waals surface area (Å²) in [4.78, 5) is 13.2. The standard InChI is InChI=1S/C21H17N3O.ClH/c1-3-7-16(8-4-1)15-25-24-21(17-9-5-2-6-10-17)19-13-18-11-12-22-14-20(18)23-19;/h1-14,23H,15H2;1H. The van der Waals surface area contributed by atoms with Crippen molar-refractivity contribution in [1.29, 1.82) is 0 Å². The van der Waals surface area contributed by atoms with E-state index in [4.69, 9.17) is 4.84 Å². The molecule has 1 N–H and O–H groups in total. The average Bonchev–Trinajstić information content (AvgIpc) is 3.10. The maximum atomic E-state index is 5.64. The number of fused-ring (bicyclic) bond motifs is 1. The van der Waals surface area contributed by atoms with E-state index in [0.717, 1.165) is 33.4 Å². The first kappa shape index (κ1) is 17.7. The topological polar surface area (TPSA) is 50.3 Å². The normalized spacial score (nSPS) is 11.2. The van der Waals surface area contributed by atoms with Gasteiger partial charge < -0.3 is 9.82 Å². The SMILES string of the molecule is Cl.c1ccc(CON=C(c2ccccc2)c2cc3ccncc3[nH]2)cc1. The fourth-order valence-electron chi connectivity index (χ4n) is 2.70. The van der Waals surface area contributed by atoms with Crippen LogP contribution in [0.15, 0.2) is 90.3 Å². The van der Waals surface area contributed by atoms with E-state index in [0.29, 0.717) is 6.61 Å². The second kappa shape index (κ2) is 8.32. The van der Waals surface area contributed by atoms with Crippen LogP contribution >= 0.6 is 12.4 Å². The lowest BCUT2D eigenvalue weighted by atomic mass is 10.1. The number of nitrogens with one attached hydrogen (secondary N) is 1. The van der Waals surface area contributed by atoms with Gasteiger partial charge >= 0.3 is 0 Å². The van der Waals surface area contributed by atoms with Crippen molar-refractivity contribution < 1.29 is 4.84 Å². The van der Waals surface area contributed by atoms with Crippen LogP contribution in [0.4, 0.5) is 0 Å². The summed E-state index contributed by atoms with van der Waals surface area (Å²) in [5.74, 6) is 0. The van der Waals surface area contributed by atoms with Crippen molar-refractivity contribution in [3.8, 4) is 0 Å². The van der Waals surface area contributed by atoms with Crippen molar-refractivity contribution in [2.24, 2.45) is 5.16 Å². The first-order chi connectivity index (χ1) is 12.4. The molecule has 0 aliphatic heterocycles. The lowest BCUT2D eigenvalue weighted by molar-refractivity contribution is 0.131. The maximum absolute atomic E-state index is 5.64. The molecule has 4 rings (SSSR count). The smallest absolute Gasteiger partial charge is 0.142 e. The zero-order valence-corrected chi connectivity index (χ0v) is 14.8. The third-order valence-corrected chi connectivity index (χ3v) is 3.96. The number of hydrogen-bond acceptors (Lipinski definition) is 3. The Kier molecular flexibility index (Phi) is 5.66. The summed E-state index contributed by atoms with van der Waals surface area (Å²) in [6.07, 6.45) is 3.59. The molecule has 0 spiro atoms. The number of hydrogen-bond donors (Lipinski definition) is 1. The van der Waals surface area contributed by atoms with Gasteiger partial charge in [-0.05, 0) is 17.7 Å². The highest BCUT2D eigenvalue weighted by Crippen LogP contribution is 2.18. The zero-order valence-electron chi connectivity index (χ0n) is 14.0. The van der Waals surface area contributed by atoms with E-state index in [9.17, 15) is 0 Å². The minimum absolute atomic E-state index is 0. The van der Waals surface area contributed by atoms with Gasteiger partial charge in [0.05, 0.1) is 17.4 Å². The molecule has 4 aromatic rings. The van der Waals surface area contributed by atoms with E-state index in [1.165, 1.54) is 0 Å². The van der Waals surface area contributed by atoms with Gasteiger partial charge in [0, 0.05) is 17.1 Å². The van der Waals surface area contributed by atoms with Crippen LogP contribution < -0.4 is 0 Å². The molecule has 0 atom stereocenters.